The Morgan fingerprint density at radius 1 is 1.15 bits per heavy atom. The van der Waals surface area contributed by atoms with Gasteiger partial charge < -0.3 is 4.74 Å². The highest BCUT2D eigenvalue weighted by molar-refractivity contribution is 7.89. The highest BCUT2D eigenvalue weighted by Gasteiger charge is 2.31. The van der Waals surface area contributed by atoms with E-state index in [9.17, 15) is 18.0 Å². The molecule has 1 saturated heterocycles. The molecule has 2 aliphatic rings. The molecule has 1 fully saturated rings. The van der Waals surface area contributed by atoms with Crippen LogP contribution in [0.4, 0.5) is 0 Å². The molecule has 1 aromatic rings. The second-order valence-corrected chi connectivity index (χ2v) is 9.20. The molecule has 0 amide bonds. The minimum absolute atomic E-state index is 0.0669. The monoisotopic (exact) mass is 379 g/mol. The number of hydrogen-bond donors (Lipinski definition) is 0. The van der Waals surface area contributed by atoms with Crippen LogP contribution >= 0.6 is 0 Å². The molecule has 7 heteroatoms. The number of carbonyl (C=O) groups excluding carboxylic acids is 2. The number of ketones is 1. The number of aryl methyl sites for hydroxylation is 2. The fraction of sp³-hybridized carbons (Fsp3) is 0.579. The number of ether oxygens (including phenoxy) is 1. The molecule has 142 valence electrons. The van der Waals surface area contributed by atoms with Gasteiger partial charge in [0, 0.05) is 18.7 Å². The summed E-state index contributed by atoms with van der Waals surface area (Å²) in [6.07, 6.45) is 4.05. The number of carbonyl (C=O) groups is 2. The van der Waals surface area contributed by atoms with Crippen LogP contribution in [0.2, 0.25) is 0 Å². The average Bonchev–Trinajstić information content (AvgIpc) is 3.13. The minimum Gasteiger partial charge on any atom is -0.457 e. The Balaban J connectivity index is 1.49. The van der Waals surface area contributed by atoms with Crippen LogP contribution in [0.25, 0.3) is 0 Å². The van der Waals surface area contributed by atoms with Crippen LogP contribution in [0.3, 0.4) is 0 Å². The van der Waals surface area contributed by atoms with Crippen molar-refractivity contribution in [2.75, 3.05) is 25.4 Å². The van der Waals surface area contributed by atoms with Crippen molar-refractivity contribution in [1.29, 1.82) is 0 Å². The van der Waals surface area contributed by atoms with E-state index in [0.29, 0.717) is 31.5 Å². The molecular weight excluding hydrogens is 354 g/mol. The van der Waals surface area contributed by atoms with E-state index in [1.54, 1.807) is 13.0 Å². The van der Waals surface area contributed by atoms with Crippen molar-refractivity contribution in [3.63, 3.8) is 0 Å². The quantitative estimate of drug-likeness (QED) is 0.558. The summed E-state index contributed by atoms with van der Waals surface area (Å²) >= 11 is 0. The van der Waals surface area contributed by atoms with E-state index in [2.05, 4.69) is 0 Å². The van der Waals surface area contributed by atoms with Gasteiger partial charge in [-0.1, -0.05) is 12.1 Å². The van der Waals surface area contributed by atoms with E-state index in [0.717, 1.165) is 19.3 Å². The zero-order valence-corrected chi connectivity index (χ0v) is 15.9. The first-order valence-corrected chi connectivity index (χ1v) is 10.8. The van der Waals surface area contributed by atoms with Crippen LogP contribution in [-0.2, 0) is 32.4 Å². The number of esters is 1. The third-order valence-corrected chi connectivity index (χ3v) is 7.19. The molecule has 26 heavy (non-hydrogen) atoms. The smallest absolute Gasteiger partial charge is 0.309 e. The number of Topliss-reactive ketones (excluding diaryl/α,β-unsaturated/α-hetero) is 1. The molecule has 1 aliphatic heterocycles. The Bertz CT molecular complexity index is 794. The standard InChI is InChI=1S/C19H25NO5S/c1-2-26(23,24)20-10-8-15(9-11-20)19(22)25-13-18(21)17-7-6-14-4-3-5-16(14)12-17/h6-7,12,15H,2-5,8-11,13H2,1H3. The van der Waals surface area contributed by atoms with Crippen molar-refractivity contribution in [3.05, 3.63) is 34.9 Å². The number of hydrogen-bond acceptors (Lipinski definition) is 5. The van der Waals surface area contributed by atoms with Gasteiger partial charge in [0.25, 0.3) is 0 Å². The second-order valence-electron chi connectivity index (χ2n) is 6.94. The molecule has 1 aromatic carbocycles. The van der Waals surface area contributed by atoms with Crippen molar-refractivity contribution >= 4 is 21.8 Å². The molecule has 0 bridgehead atoms. The van der Waals surface area contributed by atoms with E-state index >= 15 is 0 Å². The van der Waals surface area contributed by atoms with Crippen molar-refractivity contribution < 1.29 is 22.7 Å². The number of benzene rings is 1. The van der Waals surface area contributed by atoms with Gasteiger partial charge in [-0.15, -0.1) is 0 Å². The third-order valence-electron chi connectivity index (χ3n) is 5.31. The summed E-state index contributed by atoms with van der Waals surface area (Å²) in [6.45, 7) is 2.01. The molecule has 1 aliphatic carbocycles. The van der Waals surface area contributed by atoms with Crippen molar-refractivity contribution in [3.8, 4) is 0 Å². The van der Waals surface area contributed by atoms with E-state index in [-0.39, 0.29) is 24.1 Å². The van der Waals surface area contributed by atoms with Gasteiger partial charge in [-0.3, -0.25) is 9.59 Å². The van der Waals surface area contributed by atoms with Gasteiger partial charge in [0.2, 0.25) is 10.0 Å². The molecule has 0 spiro atoms. The number of nitrogens with zero attached hydrogens (tertiary/aromatic N) is 1. The summed E-state index contributed by atoms with van der Waals surface area (Å²) in [4.78, 5) is 24.5. The van der Waals surface area contributed by atoms with Crippen LogP contribution in [0, 0.1) is 5.92 Å². The second kappa shape index (κ2) is 7.88. The first kappa shape index (κ1) is 19.0. The molecule has 6 nitrogen and oxygen atoms in total. The minimum atomic E-state index is -3.21. The zero-order valence-electron chi connectivity index (χ0n) is 15.1. The predicted molar refractivity (Wildman–Crippen MR) is 97.5 cm³/mol. The highest BCUT2D eigenvalue weighted by atomic mass is 32.2. The normalized spacial score (nSPS) is 18.5. The van der Waals surface area contributed by atoms with Crippen LogP contribution in [0.15, 0.2) is 18.2 Å². The topological polar surface area (TPSA) is 80.8 Å². The van der Waals surface area contributed by atoms with Crippen LogP contribution < -0.4 is 0 Å². The summed E-state index contributed by atoms with van der Waals surface area (Å²) < 4.78 is 30.3. The van der Waals surface area contributed by atoms with Gasteiger partial charge in [0.15, 0.2) is 12.4 Å². The van der Waals surface area contributed by atoms with Crippen molar-refractivity contribution in [2.45, 2.75) is 39.0 Å². The summed E-state index contributed by atoms with van der Waals surface area (Å²) in [7, 11) is -3.21. The first-order chi connectivity index (χ1) is 12.4. The molecular formula is C19H25NO5S. The fourth-order valence-corrected chi connectivity index (χ4v) is 4.77. The van der Waals surface area contributed by atoms with E-state index in [1.165, 1.54) is 15.4 Å². The van der Waals surface area contributed by atoms with E-state index in [4.69, 9.17) is 4.74 Å². The van der Waals surface area contributed by atoms with Gasteiger partial charge in [0.05, 0.1) is 11.7 Å². The van der Waals surface area contributed by atoms with Gasteiger partial charge in [-0.05, 0) is 56.2 Å². The lowest BCUT2D eigenvalue weighted by Crippen LogP contribution is -2.41. The Kier molecular flexibility index (Phi) is 5.77. The lowest BCUT2D eigenvalue weighted by atomic mass is 9.98. The molecule has 0 aromatic heterocycles. The van der Waals surface area contributed by atoms with Gasteiger partial charge in [-0.25, -0.2) is 12.7 Å². The highest BCUT2D eigenvalue weighted by Crippen LogP contribution is 2.24. The summed E-state index contributed by atoms with van der Waals surface area (Å²) in [5.41, 5.74) is 3.10. The van der Waals surface area contributed by atoms with E-state index < -0.39 is 16.0 Å². The van der Waals surface area contributed by atoms with Crippen molar-refractivity contribution in [2.24, 2.45) is 5.92 Å². The molecule has 0 atom stereocenters. The summed E-state index contributed by atoms with van der Waals surface area (Å²) in [5.74, 6) is -0.879. The number of fused-ring (bicyclic) bond motifs is 1. The molecule has 0 radical (unpaired) electrons. The Labute approximate surface area is 154 Å². The van der Waals surface area contributed by atoms with Crippen LogP contribution in [-0.4, -0.2) is 49.9 Å². The van der Waals surface area contributed by atoms with E-state index in [1.807, 2.05) is 12.1 Å². The van der Waals surface area contributed by atoms with Crippen LogP contribution in [0.5, 0.6) is 0 Å². The molecule has 0 unspecified atom stereocenters. The molecule has 1 heterocycles. The number of piperidine rings is 1. The summed E-state index contributed by atoms with van der Waals surface area (Å²) in [5, 5.41) is 0. The largest absolute Gasteiger partial charge is 0.457 e. The Morgan fingerprint density at radius 3 is 2.54 bits per heavy atom. The molecule has 0 N–H and O–H groups in total. The van der Waals surface area contributed by atoms with Crippen LogP contribution in [0.1, 0.15) is 47.7 Å². The zero-order chi connectivity index (χ0) is 18.7. The van der Waals surface area contributed by atoms with Gasteiger partial charge >= 0.3 is 5.97 Å². The lowest BCUT2D eigenvalue weighted by molar-refractivity contribution is -0.148. The average molecular weight is 379 g/mol. The predicted octanol–water partition coefficient (Wildman–Crippen LogP) is 1.96. The van der Waals surface area contributed by atoms with Crippen molar-refractivity contribution in [1.82, 2.24) is 4.31 Å². The SMILES string of the molecule is CCS(=O)(=O)N1CCC(C(=O)OCC(=O)c2ccc3c(c2)CCC3)CC1. The molecule has 0 saturated carbocycles. The number of sulfonamides is 1. The number of rotatable bonds is 6. The Hall–Kier alpha value is -1.73. The maximum atomic E-state index is 12.3. The molecule has 3 rings (SSSR count). The maximum Gasteiger partial charge on any atom is 0.309 e. The third kappa shape index (κ3) is 4.15. The van der Waals surface area contributed by atoms with Gasteiger partial charge in [-0.2, -0.15) is 0 Å². The maximum absolute atomic E-state index is 12.3. The Morgan fingerprint density at radius 2 is 1.85 bits per heavy atom. The first-order valence-electron chi connectivity index (χ1n) is 9.20. The lowest BCUT2D eigenvalue weighted by Gasteiger charge is -2.29. The fourth-order valence-electron chi connectivity index (χ4n) is 3.64. The van der Waals surface area contributed by atoms with Gasteiger partial charge in [0.1, 0.15) is 0 Å². The summed E-state index contributed by atoms with van der Waals surface area (Å²) in [6, 6.07) is 5.70.